The standard InChI is InChI=1S/C19H22N2O3S/c1-3-25(23,24)21-14-16-10-8-7-9-15(16)13-18(21)19(22)20(2)17-11-5-4-6-12-17/h4-12,18H,3,13-14H2,1-2H3. The van der Waals surface area contributed by atoms with Gasteiger partial charge in [0.05, 0.1) is 5.75 Å². The average molecular weight is 358 g/mol. The van der Waals surface area contributed by atoms with Gasteiger partial charge in [0.2, 0.25) is 15.9 Å². The third kappa shape index (κ3) is 3.45. The number of amides is 1. The van der Waals surface area contributed by atoms with Crippen molar-refractivity contribution < 1.29 is 13.2 Å². The second-order valence-electron chi connectivity index (χ2n) is 6.17. The molecule has 1 unspecified atom stereocenters. The summed E-state index contributed by atoms with van der Waals surface area (Å²) >= 11 is 0. The summed E-state index contributed by atoms with van der Waals surface area (Å²) in [6.07, 6.45) is 0.394. The summed E-state index contributed by atoms with van der Waals surface area (Å²) in [4.78, 5) is 14.6. The quantitative estimate of drug-likeness (QED) is 0.843. The first-order valence-electron chi connectivity index (χ1n) is 8.33. The maximum atomic E-state index is 13.1. The van der Waals surface area contributed by atoms with Gasteiger partial charge in [-0.15, -0.1) is 0 Å². The molecular weight excluding hydrogens is 336 g/mol. The Morgan fingerprint density at radius 2 is 1.68 bits per heavy atom. The van der Waals surface area contributed by atoms with Gasteiger partial charge in [-0.1, -0.05) is 42.5 Å². The Hall–Kier alpha value is -2.18. The summed E-state index contributed by atoms with van der Waals surface area (Å²) in [5.41, 5.74) is 2.75. The molecule has 1 heterocycles. The van der Waals surface area contributed by atoms with Crippen molar-refractivity contribution in [2.75, 3.05) is 17.7 Å². The van der Waals surface area contributed by atoms with Gasteiger partial charge >= 0.3 is 0 Å². The minimum Gasteiger partial charge on any atom is -0.314 e. The lowest BCUT2D eigenvalue weighted by atomic mass is 9.95. The third-order valence-electron chi connectivity index (χ3n) is 4.69. The summed E-state index contributed by atoms with van der Waals surface area (Å²) in [6, 6.07) is 16.3. The van der Waals surface area contributed by atoms with Crippen LogP contribution in [0.15, 0.2) is 54.6 Å². The van der Waals surface area contributed by atoms with Crippen LogP contribution in [-0.4, -0.2) is 37.5 Å². The van der Waals surface area contributed by atoms with E-state index in [1.165, 1.54) is 9.21 Å². The molecule has 6 heteroatoms. The molecule has 0 aliphatic carbocycles. The van der Waals surface area contributed by atoms with Crippen LogP contribution >= 0.6 is 0 Å². The highest BCUT2D eigenvalue weighted by Crippen LogP contribution is 2.28. The van der Waals surface area contributed by atoms with Gasteiger partial charge in [0.15, 0.2) is 0 Å². The first kappa shape index (κ1) is 17.6. The molecule has 0 N–H and O–H groups in total. The van der Waals surface area contributed by atoms with Crippen molar-refractivity contribution in [2.45, 2.75) is 25.9 Å². The summed E-state index contributed by atoms with van der Waals surface area (Å²) in [5, 5.41) is 0. The second-order valence-corrected chi connectivity index (χ2v) is 8.38. The zero-order chi connectivity index (χ0) is 18.0. The van der Waals surface area contributed by atoms with E-state index in [9.17, 15) is 13.2 Å². The van der Waals surface area contributed by atoms with Crippen molar-refractivity contribution >= 4 is 21.6 Å². The lowest BCUT2D eigenvalue weighted by Gasteiger charge is -2.36. The predicted molar refractivity (Wildman–Crippen MR) is 98.8 cm³/mol. The van der Waals surface area contributed by atoms with Crippen LogP contribution in [0.4, 0.5) is 5.69 Å². The normalized spacial score (nSPS) is 17.8. The first-order valence-corrected chi connectivity index (χ1v) is 9.94. The van der Waals surface area contributed by atoms with Crippen molar-refractivity contribution in [3.8, 4) is 0 Å². The highest BCUT2D eigenvalue weighted by molar-refractivity contribution is 7.89. The Balaban J connectivity index is 1.98. The second kappa shape index (κ2) is 6.98. The predicted octanol–water partition coefficient (Wildman–Crippen LogP) is 2.43. The zero-order valence-electron chi connectivity index (χ0n) is 14.4. The monoisotopic (exact) mass is 358 g/mol. The van der Waals surface area contributed by atoms with E-state index in [0.29, 0.717) is 6.42 Å². The maximum absolute atomic E-state index is 13.1. The molecule has 0 aromatic heterocycles. The summed E-state index contributed by atoms with van der Waals surface area (Å²) in [5.74, 6) is -0.230. The van der Waals surface area contributed by atoms with Crippen LogP contribution < -0.4 is 4.90 Å². The number of carbonyl (C=O) groups excluding carboxylic acids is 1. The van der Waals surface area contributed by atoms with Gasteiger partial charge in [-0.25, -0.2) is 8.42 Å². The number of nitrogens with zero attached hydrogens (tertiary/aromatic N) is 2. The van der Waals surface area contributed by atoms with Crippen LogP contribution in [0.3, 0.4) is 0 Å². The minimum atomic E-state index is -3.49. The Morgan fingerprint density at radius 1 is 1.08 bits per heavy atom. The fourth-order valence-corrected chi connectivity index (χ4v) is 4.39. The van der Waals surface area contributed by atoms with Crippen molar-refractivity contribution in [1.29, 1.82) is 0 Å². The molecule has 0 radical (unpaired) electrons. The Morgan fingerprint density at radius 3 is 2.32 bits per heavy atom. The van der Waals surface area contributed by atoms with Crippen molar-refractivity contribution in [2.24, 2.45) is 0 Å². The third-order valence-corrected chi connectivity index (χ3v) is 6.51. The molecule has 1 aliphatic heterocycles. The largest absolute Gasteiger partial charge is 0.314 e. The lowest BCUT2D eigenvalue weighted by Crippen LogP contribution is -2.53. The molecule has 0 fully saturated rings. The molecule has 25 heavy (non-hydrogen) atoms. The van der Waals surface area contributed by atoms with Crippen molar-refractivity contribution in [3.63, 3.8) is 0 Å². The van der Waals surface area contributed by atoms with Gasteiger partial charge in [0, 0.05) is 19.3 Å². The molecular formula is C19H22N2O3S. The Bertz CT molecular complexity index is 865. The molecule has 5 nitrogen and oxygen atoms in total. The van der Waals surface area contributed by atoms with Gasteiger partial charge in [-0.2, -0.15) is 4.31 Å². The van der Waals surface area contributed by atoms with E-state index in [-0.39, 0.29) is 18.2 Å². The molecule has 132 valence electrons. The van der Waals surface area contributed by atoms with Crippen LogP contribution in [0.25, 0.3) is 0 Å². The van der Waals surface area contributed by atoms with E-state index in [1.54, 1.807) is 14.0 Å². The van der Waals surface area contributed by atoms with Crippen LogP contribution in [-0.2, 0) is 27.8 Å². The molecule has 1 amide bonds. The number of likely N-dealkylation sites (N-methyl/N-ethyl adjacent to an activating group) is 1. The molecule has 1 atom stereocenters. The fourth-order valence-electron chi connectivity index (χ4n) is 3.17. The van der Waals surface area contributed by atoms with Gasteiger partial charge < -0.3 is 4.90 Å². The highest BCUT2D eigenvalue weighted by atomic mass is 32.2. The maximum Gasteiger partial charge on any atom is 0.245 e. The summed E-state index contributed by atoms with van der Waals surface area (Å²) < 4.78 is 26.5. The Kier molecular flexibility index (Phi) is 4.92. The zero-order valence-corrected chi connectivity index (χ0v) is 15.2. The molecule has 2 aromatic carbocycles. The molecule has 0 saturated heterocycles. The summed E-state index contributed by atoms with van der Waals surface area (Å²) in [6.45, 7) is 1.85. The van der Waals surface area contributed by atoms with E-state index in [1.807, 2.05) is 54.6 Å². The van der Waals surface area contributed by atoms with Crippen LogP contribution in [0.1, 0.15) is 18.1 Å². The van der Waals surface area contributed by atoms with Gasteiger partial charge in [0.1, 0.15) is 6.04 Å². The molecule has 0 spiro atoms. The van der Waals surface area contributed by atoms with Gasteiger partial charge in [0.25, 0.3) is 0 Å². The van der Waals surface area contributed by atoms with Crippen LogP contribution in [0.2, 0.25) is 0 Å². The number of hydrogen-bond acceptors (Lipinski definition) is 3. The number of benzene rings is 2. The van der Waals surface area contributed by atoms with Crippen LogP contribution in [0, 0.1) is 0 Å². The van der Waals surface area contributed by atoms with E-state index in [2.05, 4.69) is 0 Å². The lowest BCUT2D eigenvalue weighted by molar-refractivity contribution is -0.122. The average Bonchev–Trinajstić information content (AvgIpc) is 2.66. The summed E-state index contributed by atoms with van der Waals surface area (Å²) in [7, 11) is -1.80. The van der Waals surface area contributed by atoms with Gasteiger partial charge in [-0.05, 0) is 36.6 Å². The number of anilines is 1. The number of para-hydroxylation sites is 1. The minimum absolute atomic E-state index is 0.0198. The fraction of sp³-hybridized carbons (Fsp3) is 0.316. The molecule has 1 aliphatic rings. The molecule has 2 aromatic rings. The topological polar surface area (TPSA) is 57.7 Å². The van der Waals surface area contributed by atoms with E-state index in [0.717, 1.165) is 16.8 Å². The van der Waals surface area contributed by atoms with Gasteiger partial charge in [-0.3, -0.25) is 4.79 Å². The van der Waals surface area contributed by atoms with E-state index < -0.39 is 16.1 Å². The smallest absolute Gasteiger partial charge is 0.245 e. The Labute approximate surface area is 148 Å². The number of fused-ring (bicyclic) bond motifs is 1. The number of carbonyl (C=O) groups is 1. The number of hydrogen-bond donors (Lipinski definition) is 0. The van der Waals surface area contributed by atoms with Crippen molar-refractivity contribution in [3.05, 3.63) is 65.7 Å². The number of sulfonamides is 1. The van der Waals surface area contributed by atoms with Crippen LogP contribution in [0.5, 0.6) is 0 Å². The number of rotatable bonds is 4. The van der Waals surface area contributed by atoms with E-state index >= 15 is 0 Å². The molecule has 0 saturated carbocycles. The highest BCUT2D eigenvalue weighted by Gasteiger charge is 2.39. The SMILES string of the molecule is CCS(=O)(=O)N1Cc2ccccc2CC1C(=O)N(C)c1ccccc1. The van der Waals surface area contributed by atoms with Crippen molar-refractivity contribution in [1.82, 2.24) is 4.31 Å². The molecule has 0 bridgehead atoms. The first-order chi connectivity index (χ1) is 11.9. The molecule has 3 rings (SSSR count). The van der Waals surface area contributed by atoms with E-state index in [4.69, 9.17) is 0 Å².